The summed E-state index contributed by atoms with van der Waals surface area (Å²) < 4.78 is 71.0. The monoisotopic (exact) mass is 581 g/mol. The number of hydrogen-bond acceptors (Lipinski definition) is 6. The highest BCUT2D eigenvalue weighted by molar-refractivity contribution is 7.92. The van der Waals surface area contributed by atoms with Gasteiger partial charge in [0.05, 0.1) is 28.7 Å². The van der Waals surface area contributed by atoms with Crippen molar-refractivity contribution in [3.8, 4) is 0 Å². The van der Waals surface area contributed by atoms with Crippen molar-refractivity contribution in [1.82, 2.24) is 19.5 Å². The van der Waals surface area contributed by atoms with Crippen LogP contribution in [0, 0.1) is 12.7 Å². The Morgan fingerprint density at radius 1 is 1.24 bits per heavy atom. The number of anilines is 1. The number of H-pyrrole nitrogens is 1. The second-order valence-electron chi connectivity index (χ2n) is 9.29. The van der Waals surface area contributed by atoms with E-state index in [0.29, 0.717) is 27.9 Å². The average Bonchev–Trinajstić information content (AvgIpc) is 3.49. The molecule has 1 fully saturated rings. The first-order valence-electron chi connectivity index (χ1n) is 11.9. The minimum absolute atomic E-state index is 0.0155. The lowest BCUT2D eigenvalue weighted by Gasteiger charge is -2.18. The van der Waals surface area contributed by atoms with Crippen molar-refractivity contribution in [1.29, 1.82) is 0 Å². The molecule has 0 aliphatic carbocycles. The van der Waals surface area contributed by atoms with Gasteiger partial charge in [0.1, 0.15) is 17.3 Å². The number of fused-ring (bicyclic) bond motifs is 2. The van der Waals surface area contributed by atoms with Gasteiger partial charge in [0, 0.05) is 35.4 Å². The lowest BCUT2D eigenvalue weighted by atomic mass is 10.1. The molecule has 38 heavy (non-hydrogen) atoms. The van der Waals surface area contributed by atoms with Gasteiger partial charge in [-0.25, -0.2) is 12.8 Å². The van der Waals surface area contributed by atoms with E-state index < -0.39 is 37.4 Å². The molecule has 202 valence electrons. The molecule has 0 spiro atoms. The van der Waals surface area contributed by atoms with Crippen molar-refractivity contribution >= 4 is 64.9 Å². The summed E-state index contributed by atoms with van der Waals surface area (Å²) in [7, 11) is -7.80. The van der Waals surface area contributed by atoms with E-state index in [1.807, 2.05) is 0 Å². The van der Waals surface area contributed by atoms with Crippen molar-refractivity contribution in [2.45, 2.75) is 26.8 Å². The summed E-state index contributed by atoms with van der Waals surface area (Å²) in [6, 6.07) is 6.13. The van der Waals surface area contributed by atoms with Crippen LogP contribution in [0.25, 0.3) is 21.8 Å². The number of Topliss-reactive ketones (excluding diaryl/α,β-unsaturated/α-hetero) is 1. The van der Waals surface area contributed by atoms with Crippen molar-refractivity contribution < 1.29 is 26.0 Å². The summed E-state index contributed by atoms with van der Waals surface area (Å²) in [5.74, 6) is -2.36. The Kier molecular flexibility index (Phi) is 6.74. The number of hydrogen-bond donors (Lipinski definition) is 2. The number of aromatic amines is 1. The van der Waals surface area contributed by atoms with Gasteiger partial charge in [-0.1, -0.05) is 18.5 Å². The van der Waals surface area contributed by atoms with E-state index in [9.17, 15) is 26.0 Å². The lowest BCUT2D eigenvalue weighted by molar-refractivity contribution is 0.101. The third-order valence-electron chi connectivity index (χ3n) is 6.52. The van der Waals surface area contributed by atoms with Crippen LogP contribution in [-0.4, -0.2) is 62.0 Å². The average molecular weight is 582 g/mol. The van der Waals surface area contributed by atoms with Crippen LogP contribution < -0.4 is 9.03 Å². The molecule has 0 saturated carbocycles. The number of sulfone groups is 1. The van der Waals surface area contributed by atoms with Crippen LogP contribution in [0.5, 0.6) is 0 Å². The summed E-state index contributed by atoms with van der Waals surface area (Å²) in [6.07, 6.45) is 1.92. The Morgan fingerprint density at radius 2 is 2.00 bits per heavy atom. The van der Waals surface area contributed by atoms with Gasteiger partial charge in [0.15, 0.2) is 15.6 Å². The Labute approximate surface area is 223 Å². The van der Waals surface area contributed by atoms with Gasteiger partial charge in [-0.3, -0.25) is 14.2 Å². The largest absolute Gasteiger partial charge is 0.332 e. The van der Waals surface area contributed by atoms with Crippen molar-refractivity contribution in [3.63, 3.8) is 0 Å². The van der Waals surface area contributed by atoms with E-state index in [2.05, 4.69) is 14.9 Å². The zero-order chi connectivity index (χ0) is 27.4. The number of aryl methyl sites for hydroxylation is 1. The molecule has 10 nitrogen and oxygen atoms in total. The molecular weight excluding hydrogens is 557 g/mol. The van der Waals surface area contributed by atoms with E-state index in [4.69, 9.17) is 11.6 Å². The van der Waals surface area contributed by atoms with E-state index >= 15 is 0 Å². The quantitative estimate of drug-likeness (QED) is 0.307. The number of aromatic nitrogens is 3. The predicted molar refractivity (Wildman–Crippen MR) is 144 cm³/mol. The molecule has 4 aromatic rings. The standard InChI is InChI=1S/C24H25ClFN5O5S2/c1-3-6-37(33,34)13-22(32)24-23(31-5-4-28-38(31,35)36)17-7-14(2)19(26)10-21(17)30(24)12-16-8-15-11-27-29-20(15)9-18(16)25/h7-11,28H,3-6,12-13H2,1-2H3,(H,27,29). The number of nitrogens with one attached hydrogen (secondary N) is 2. The van der Waals surface area contributed by atoms with Crippen LogP contribution in [0.4, 0.5) is 10.1 Å². The summed E-state index contributed by atoms with van der Waals surface area (Å²) in [6.45, 7) is 3.28. The van der Waals surface area contributed by atoms with Gasteiger partial charge < -0.3 is 4.57 Å². The fourth-order valence-electron chi connectivity index (χ4n) is 4.82. The predicted octanol–water partition coefficient (Wildman–Crippen LogP) is 3.33. The van der Waals surface area contributed by atoms with Crippen molar-refractivity contribution in [2.24, 2.45) is 0 Å². The molecule has 5 rings (SSSR count). The van der Waals surface area contributed by atoms with Crippen molar-refractivity contribution in [2.75, 3.05) is 28.9 Å². The van der Waals surface area contributed by atoms with Crippen LogP contribution in [0.1, 0.15) is 35.0 Å². The van der Waals surface area contributed by atoms with Gasteiger partial charge in [-0.2, -0.15) is 18.2 Å². The summed E-state index contributed by atoms with van der Waals surface area (Å²) in [5, 5.41) is 8.21. The molecule has 1 aliphatic rings. The number of ketones is 1. The number of benzene rings is 2. The van der Waals surface area contributed by atoms with E-state index in [1.165, 1.54) is 23.6 Å². The highest BCUT2D eigenvalue weighted by atomic mass is 35.5. The minimum atomic E-state index is -4.02. The minimum Gasteiger partial charge on any atom is -0.332 e. The van der Waals surface area contributed by atoms with Gasteiger partial charge in [0.2, 0.25) is 0 Å². The first-order chi connectivity index (χ1) is 17.9. The number of nitrogens with zero attached hydrogens (tertiary/aromatic N) is 3. The summed E-state index contributed by atoms with van der Waals surface area (Å²) in [5.41, 5.74) is 1.61. The Hall–Kier alpha value is -3.00. The van der Waals surface area contributed by atoms with Crippen molar-refractivity contribution in [3.05, 3.63) is 58.1 Å². The summed E-state index contributed by atoms with van der Waals surface area (Å²) >= 11 is 6.54. The second-order valence-corrected chi connectivity index (χ2v) is 13.6. The number of carbonyl (C=O) groups excluding carboxylic acids is 1. The van der Waals surface area contributed by atoms with Gasteiger partial charge in [-0.05, 0) is 48.7 Å². The first kappa shape index (κ1) is 26.6. The van der Waals surface area contributed by atoms with Crippen LogP contribution in [0.3, 0.4) is 0 Å². The van der Waals surface area contributed by atoms with Gasteiger partial charge in [-0.15, -0.1) is 0 Å². The number of carbonyl (C=O) groups is 1. The van der Waals surface area contributed by atoms with E-state index in [1.54, 1.807) is 25.3 Å². The molecule has 0 amide bonds. The maximum Gasteiger partial charge on any atom is 0.301 e. The van der Waals surface area contributed by atoms with Crippen LogP contribution in [0.2, 0.25) is 5.02 Å². The topological polar surface area (TPSA) is 134 Å². The highest BCUT2D eigenvalue weighted by Crippen LogP contribution is 2.39. The van der Waals surface area contributed by atoms with E-state index in [0.717, 1.165) is 9.69 Å². The van der Waals surface area contributed by atoms with E-state index in [-0.39, 0.29) is 47.8 Å². The van der Waals surface area contributed by atoms with Crippen LogP contribution in [0.15, 0.2) is 30.5 Å². The maximum atomic E-state index is 14.9. The molecule has 2 aromatic heterocycles. The smallest absolute Gasteiger partial charge is 0.301 e. The molecule has 0 unspecified atom stereocenters. The third kappa shape index (κ3) is 4.68. The fraction of sp³-hybridized carbons (Fsp3) is 0.333. The SMILES string of the molecule is CCCS(=O)(=O)CC(=O)c1c(N2CCNS2(=O)=O)c2cc(C)c(F)cc2n1Cc1cc2cn[nH]c2cc1Cl. The molecule has 0 radical (unpaired) electrons. The molecule has 1 saturated heterocycles. The number of halogens is 2. The van der Waals surface area contributed by atoms with Gasteiger partial charge in [0.25, 0.3) is 0 Å². The third-order valence-corrected chi connectivity index (χ3v) is 10.1. The molecule has 2 aromatic carbocycles. The Bertz CT molecular complexity index is 1810. The highest BCUT2D eigenvalue weighted by Gasteiger charge is 2.37. The maximum absolute atomic E-state index is 14.9. The zero-order valence-corrected chi connectivity index (χ0v) is 23.0. The molecule has 0 atom stereocenters. The molecular formula is C24H25ClFN5O5S2. The van der Waals surface area contributed by atoms with Crippen LogP contribution >= 0.6 is 11.6 Å². The fourth-order valence-corrected chi connectivity index (χ4v) is 7.61. The first-order valence-corrected chi connectivity index (χ1v) is 15.5. The Balaban J connectivity index is 1.81. The van der Waals surface area contributed by atoms with Crippen LogP contribution in [-0.2, 0) is 26.6 Å². The zero-order valence-electron chi connectivity index (χ0n) is 20.6. The number of rotatable bonds is 8. The molecule has 0 bridgehead atoms. The molecule has 2 N–H and O–H groups in total. The Morgan fingerprint density at radius 3 is 2.68 bits per heavy atom. The molecule has 3 heterocycles. The molecule has 14 heteroatoms. The second kappa shape index (κ2) is 9.63. The summed E-state index contributed by atoms with van der Waals surface area (Å²) in [4.78, 5) is 13.7. The van der Waals surface area contributed by atoms with Gasteiger partial charge >= 0.3 is 10.2 Å². The molecule has 1 aliphatic heterocycles. The normalized spacial score (nSPS) is 15.6. The lowest BCUT2D eigenvalue weighted by Crippen LogP contribution is -2.31.